The Morgan fingerprint density at radius 2 is 1.86 bits per heavy atom. The molecule has 0 spiro atoms. The van der Waals surface area contributed by atoms with Crippen LogP contribution in [0, 0.1) is 6.92 Å². The van der Waals surface area contributed by atoms with Gasteiger partial charge in [-0.2, -0.15) is 0 Å². The number of pyridine rings is 1. The molecule has 5 aromatic rings. The second-order valence-corrected chi connectivity index (χ2v) is 10.8. The van der Waals surface area contributed by atoms with Crippen molar-refractivity contribution in [2.75, 3.05) is 14.2 Å². The van der Waals surface area contributed by atoms with Crippen LogP contribution in [0.1, 0.15) is 38.9 Å². The van der Waals surface area contributed by atoms with Crippen molar-refractivity contribution in [2.24, 2.45) is 5.73 Å². The van der Waals surface area contributed by atoms with Gasteiger partial charge in [0.2, 0.25) is 0 Å². The topological polar surface area (TPSA) is 108 Å². The standard InChI is InChI=1S/C34H30Cl2N4O4/c1-20-9-12-22-6-4-8-29(33(22)39-20)44-19-24-25(35)14-15-26(31(24)36)40-17-5-7-27(40)32(37)28(41)16-11-21-10-13-23(34(42)38-2)30(18-21)43-3/h4-18,32H,19,37H2,1-3H3,(H,38,42)/b16-11+. The van der Waals surface area contributed by atoms with Crippen LogP contribution < -0.4 is 20.5 Å². The average molecular weight is 630 g/mol. The molecule has 44 heavy (non-hydrogen) atoms. The summed E-state index contributed by atoms with van der Waals surface area (Å²) in [5.74, 6) is 0.408. The smallest absolute Gasteiger partial charge is 0.254 e. The van der Waals surface area contributed by atoms with E-state index >= 15 is 0 Å². The number of hydrogen-bond donors (Lipinski definition) is 2. The number of halogens is 2. The Hall–Kier alpha value is -4.63. The van der Waals surface area contributed by atoms with Gasteiger partial charge < -0.3 is 25.1 Å². The van der Waals surface area contributed by atoms with Gasteiger partial charge in [-0.05, 0) is 67.1 Å². The van der Waals surface area contributed by atoms with E-state index in [1.165, 1.54) is 13.2 Å². The Morgan fingerprint density at radius 1 is 1.05 bits per heavy atom. The summed E-state index contributed by atoms with van der Waals surface area (Å²) >= 11 is 13.5. The zero-order chi connectivity index (χ0) is 31.4. The molecule has 0 saturated heterocycles. The number of para-hydroxylation sites is 1. The maximum Gasteiger partial charge on any atom is 0.254 e. The fourth-order valence-corrected chi connectivity index (χ4v) is 5.39. The summed E-state index contributed by atoms with van der Waals surface area (Å²) in [4.78, 5) is 29.9. The normalized spacial score (nSPS) is 12.0. The number of aryl methyl sites for hydroxylation is 1. The van der Waals surface area contributed by atoms with Crippen molar-refractivity contribution in [1.82, 2.24) is 14.9 Å². The van der Waals surface area contributed by atoms with Crippen molar-refractivity contribution in [3.05, 3.63) is 123 Å². The van der Waals surface area contributed by atoms with Crippen LogP contribution >= 0.6 is 23.2 Å². The molecule has 3 N–H and O–H groups in total. The van der Waals surface area contributed by atoms with Crippen LogP contribution in [0.5, 0.6) is 11.5 Å². The molecule has 10 heteroatoms. The molecule has 3 aromatic carbocycles. The molecule has 0 aliphatic rings. The largest absolute Gasteiger partial charge is 0.496 e. The van der Waals surface area contributed by atoms with Gasteiger partial charge in [0.25, 0.3) is 5.91 Å². The zero-order valence-electron chi connectivity index (χ0n) is 24.3. The second kappa shape index (κ2) is 13.3. The fraction of sp³-hybridized carbons (Fsp3) is 0.147. The molecule has 1 unspecified atom stereocenters. The number of methoxy groups -OCH3 is 1. The molecular weight excluding hydrogens is 599 g/mol. The highest BCUT2D eigenvalue weighted by atomic mass is 35.5. The van der Waals surface area contributed by atoms with Gasteiger partial charge in [-0.15, -0.1) is 0 Å². The van der Waals surface area contributed by atoms with E-state index in [2.05, 4.69) is 10.3 Å². The number of ether oxygens (including phenoxy) is 2. The predicted octanol–water partition coefficient (Wildman–Crippen LogP) is 6.87. The molecule has 2 aromatic heterocycles. The number of benzene rings is 3. The number of hydrogen-bond acceptors (Lipinski definition) is 6. The van der Waals surface area contributed by atoms with Crippen LogP contribution in [-0.2, 0) is 11.4 Å². The molecule has 0 fully saturated rings. The third-order valence-corrected chi connectivity index (χ3v) is 7.94. The zero-order valence-corrected chi connectivity index (χ0v) is 25.8. The van der Waals surface area contributed by atoms with E-state index < -0.39 is 6.04 Å². The number of amides is 1. The summed E-state index contributed by atoms with van der Waals surface area (Å²) in [7, 11) is 3.02. The highest BCUT2D eigenvalue weighted by Crippen LogP contribution is 2.34. The molecular formula is C34H30Cl2N4O4. The van der Waals surface area contributed by atoms with Gasteiger partial charge in [-0.25, -0.2) is 4.98 Å². The van der Waals surface area contributed by atoms with Crippen molar-refractivity contribution in [3.63, 3.8) is 0 Å². The van der Waals surface area contributed by atoms with Crippen LogP contribution in [0.25, 0.3) is 22.7 Å². The fourth-order valence-electron chi connectivity index (χ4n) is 4.82. The summed E-state index contributed by atoms with van der Waals surface area (Å²) in [6.07, 6.45) is 4.81. The summed E-state index contributed by atoms with van der Waals surface area (Å²) in [6.45, 7) is 2.03. The molecule has 1 atom stereocenters. The van der Waals surface area contributed by atoms with Crippen LogP contribution in [0.2, 0.25) is 10.0 Å². The number of nitrogens with two attached hydrogens (primary N) is 1. The molecule has 0 aliphatic carbocycles. The first-order valence-electron chi connectivity index (χ1n) is 13.7. The Kier molecular flexibility index (Phi) is 9.35. The first-order valence-corrected chi connectivity index (χ1v) is 14.5. The number of ketones is 1. The first-order chi connectivity index (χ1) is 21.2. The van der Waals surface area contributed by atoms with E-state index in [1.807, 2.05) is 37.3 Å². The maximum absolute atomic E-state index is 13.2. The van der Waals surface area contributed by atoms with Crippen molar-refractivity contribution >= 4 is 51.9 Å². The monoisotopic (exact) mass is 628 g/mol. The van der Waals surface area contributed by atoms with Gasteiger partial charge in [0.1, 0.15) is 29.7 Å². The predicted molar refractivity (Wildman–Crippen MR) is 174 cm³/mol. The SMILES string of the molecule is CNC(=O)c1ccc(/C=C/C(=O)C(N)c2cccn2-c2ccc(Cl)c(COc3cccc4ccc(C)nc34)c2Cl)cc1OC. The molecule has 8 nitrogen and oxygen atoms in total. The van der Waals surface area contributed by atoms with E-state index in [0.29, 0.717) is 49.6 Å². The van der Waals surface area contributed by atoms with Crippen molar-refractivity contribution in [3.8, 4) is 17.2 Å². The molecule has 2 heterocycles. The lowest BCUT2D eigenvalue weighted by Gasteiger charge is -2.18. The lowest BCUT2D eigenvalue weighted by atomic mass is 10.1. The molecule has 0 saturated carbocycles. The average Bonchev–Trinajstić information content (AvgIpc) is 3.52. The Labute approximate surface area is 265 Å². The second-order valence-electron chi connectivity index (χ2n) is 9.98. The lowest BCUT2D eigenvalue weighted by molar-refractivity contribution is -0.115. The number of rotatable bonds is 10. The van der Waals surface area contributed by atoms with Gasteiger partial charge in [0.05, 0.1) is 23.4 Å². The number of aromatic nitrogens is 2. The minimum atomic E-state index is -0.982. The summed E-state index contributed by atoms with van der Waals surface area (Å²) in [5.41, 5.74) is 10.9. The number of carbonyl (C=O) groups is 2. The van der Waals surface area contributed by atoms with Crippen LogP contribution in [-0.4, -0.2) is 35.4 Å². The van der Waals surface area contributed by atoms with E-state index in [0.717, 1.165) is 16.6 Å². The molecule has 5 rings (SSSR count). The minimum absolute atomic E-state index is 0.104. The van der Waals surface area contributed by atoms with E-state index in [4.69, 9.17) is 38.4 Å². The van der Waals surface area contributed by atoms with Gasteiger partial charge in [0, 0.05) is 40.6 Å². The number of nitrogens with zero attached hydrogens (tertiary/aromatic N) is 2. The van der Waals surface area contributed by atoms with E-state index in [9.17, 15) is 9.59 Å². The maximum atomic E-state index is 13.2. The van der Waals surface area contributed by atoms with Gasteiger partial charge >= 0.3 is 0 Å². The summed E-state index contributed by atoms with van der Waals surface area (Å²) in [5, 5.41) is 4.35. The molecule has 0 radical (unpaired) electrons. The lowest BCUT2D eigenvalue weighted by Crippen LogP contribution is -2.22. The van der Waals surface area contributed by atoms with Crippen LogP contribution in [0.15, 0.2) is 85.1 Å². The Morgan fingerprint density at radius 3 is 2.64 bits per heavy atom. The highest BCUT2D eigenvalue weighted by molar-refractivity contribution is 6.37. The van der Waals surface area contributed by atoms with Crippen molar-refractivity contribution in [2.45, 2.75) is 19.6 Å². The van der Waals surface area contributed by atoms with Gasteiger partial charge in [-0.1, -0.05) is 53.5 Å². The van der Waals surface area contributed by atoms with Gasteiger partial charge in [-0.3, -0.25) is 9.59 Å². The van der Waals surface area contributed by atoms with Crippen LogP contribution in [0.3, 0.4) is 0 Å². The Bertz CT molecular complexity index is 1900. The van der Waals surface area contributed by atoms with Crippen molar-refractivity contribution < 1.29 is 19.1 Å². The summed E-state index contributed by atoms with van der Waals surface area (Å²) < 4.78 is 13.3. The van der Waals surface area contributed by atoms with Crippen LogP contribution in [0.4, 0.5) is 0 Å². The van der Waals surface area contributed by atoms with Crippen molar-refractivity contribution in [1.29, 1.82) is 0 Å². The molecule has 0 bridgehead atoms. The number of nitrogens with one attached hydrogen (secondary N) is 1. The third-order valence-electron chi connectivity index (χ3n) is 7.16. The number of fused-ring (bicyclic) bond motifs is 1. The quantitative estimate of drug-likeness (QED) is 0.163. The van der Waals surface area contributed by atoms with E-state index in [1.54, 1.807) is 66.4 Å². The highest BCUT2D eigenvalue weighted by Gasteiger charge is 2.21. The Balaban J connectivity index is 1.38. The molecule has 224 valence electrons. The first kappa shape index (κ1) is 30.8. The molecule has 1 amide bonds. The van der Waals surface area contributed by atoms with Gasteiger partial charge in [0.15, 0.2) is 5.78 Å². The number of carbonyl (C=O) groups excluding carboxylic acids is 2. The summed E-state index contributed by atoms with van der Waals surface area (Å²) in [6, 6.07) is 20.8. The third kappa shape index (κ3) is 6.33. The van der Waals surface area contributed by atoms with E-state index in [-0.39, 0.29) is 18.3 Å². The minimum Gasteiger partial charge on any atom is -0.496 e. The molecule has 0 aliphatic heterocycles.